The number of amides is 1. The van der Waals surface area contributed by atoms with E-state index in [9.17, 15) is 4.79 Å². The summed E-state index contributed by atoms with van der Waals surface area (Å²) in [5.41, 5.74) is 1.60. The summed E-state index contributed by atoms with van der Waals surface area (Å²) >= 11 is 0. The van der Waals surface area contributed by atoms with Gasteiger partial charge in [-0.3, -0.25) is 4.79 Å². The van der Waals surface area contributed by atoms with E-state index in [4.69, 9.17) is 8.94 Å². The Labute approximate surface area is 133 Å². The summed E-state index contributed by atoms with van der Waals surface area (Å²) < 4.78 is 10.8. The van der Waals surface area contributed by atoms with Gasteiger partial charge in [0.1, 0.15) is 11.5 Å². The summed E-state index contributed by atoms with van der Waals surface area (Å²) in [4.78, 5) is 14.5. The molecule has 0 bridgehead atoms. The van der Waals surface area contributed by atoms with Crippen molar-refractivity contribution in [2.75, 3.05) is 6.54 Å². The van der Waals surface area contributed by atoms with E-state index in [0.29, 0.717) is 12.2 Å². The third-order valence-corrected chi connectivity index (χ3v) is 4.18. The monoisotopic (exact) mass is 308 g/mol. The van der Waals surface area contributed by atoms with E-state index in [-0.39, 0.29) is 17.7 Å². The fourth-order valence-corrected chi connectivity index (χ4v) is 3.05. The molecule has 0 aliphatic carbocycles. The van der Waals surface area contributed by atoms with Crippen molar-refractivity contribution in [3.05, 3.63) is 66.3 Å². The highest BCUT2D eigenvalue weighted by Crippen LogP contribution is 2.33. The van der Waals surface area contributed by atoms with Crippen molar-refractivity contribution in [3.8, 4) is 11.3 Å². The van der Waals surface area contributed by atoms with E-state index in [1.54, 1.807) is 17.2 Å². The van der Waals surface area contributed by atoms with Crippen LogP contribution in [0.1, 0.15) is 35.2 Å². The van der Waals surface area contributed by atoms with Crippen LogP contribution in [0.3, 0.4) is 0 Å². The average Bonchev–Trinajstić information content (AvgIpc) is 3.34. The van der Waals surface area contributed by atoms with Gasteiger partial charge in [-0.2, -0.15) is 0 Å². The van der Waals surface area contributed by atoms with Gasteiger partial charge in [0.15, 0.2) is 0 Å². The molecule has 5 nitrogen and oxygen atoms in total. The van der Waals surface area contributed by atoms with Gasteiger partial charge in [0.25, 0.3) is 5.91 Å². The average molecular weight is 308 g/mol. The van der Waals surface area contributed by atoms with Gasteiger partial charge in [-0.25, -0.2) is 0 Å². The number of nitrogens with zero attached hydrogens (tertiary/aromatic N) is 2. The highest BCUT2D eigenvalue weighted by molar-refractivity contribution is 5.92. The number of benzene rings is 1. The molecule has 1 aliphatic rings. The molecule has 3 aromatic rings. The van der Waals surface area contributed by atoms with Crippen LogP contribution >= 0.6 is 0 Å². The SMILES string of the molecule is O=C(c1cc(-c2ccccc2)no1)N1CCCC1c1ccco1. The number of furan rings is 1. The minimum Gasteiger partial charge on any atom is -0.467 e. The molecule has 1 fully saturated rings. The van der Waals surface area contributed by atoms with Crippen LogP contribution < -0.4 is 0 Å². The van der Waals surface area contributed by atoms with Crippen molar-refractivity contribution < 1.29 is 13.7 Å². The molecule has 0 spiro atoms. The lowest BCUT2D eigenvalue weighted by Crippen LogP contribution is -2.30. The number of carbonyl (C=O) groups is 1. The van der Waals surface area contributed by atoms with Gasteiger partial charge >= 0.3 is 0 Å². The Kier molecular flexibility index (Phi) is 3.46. The summed E-state index contributed by atoms with van der Waals surface area (Å²) in [5, 5.41) is 4.02. The first kappa shape index (κ1) is 13.8. The maximum Gasteiger partial charge on any atom is 0.293 e. The Morgan fingerprint density at radius 3 is 2.83 bits per heavy atom. The Hall–Kier alpha value is -2.82. The zero-order valence-corrected chi connectivity index (χ0v) is 12.5. The van der Waals surface area contributed by atoms with Crippen molar-refractivity contribution in [2.45, 2.75) is 18.9 Å². The number of aromatic nitrogens is 1. The van der Waals surface area contributed by atoms with Crippen LogP contribution in [0, 0.1) is 0 Å². The van der Waals surface area contributed by atoms with Crippen molar-refractivity contribution in [1.29, 1.82) is 0 Å². The van der Waals surface area contributed by atoms with E-state index in [1.165, 1.54) is 0 Å². The molecule has 23 heavy (non-hydrogen) atoms. The number of hydrogen-bond acceptors (Lipinski definition) is 4. The molecule has 1 atom stereocenters. The van der Waals surface area contributed by atoms with Crippen LogP contribution in [0.25, 0.3) is 11.3 Å². The fourth-order valence-electron chi connectivity index (χ4n) is 3.05. The summed E-state index contributed by atoms with van der Waals surface area (Å²) in [6.07, 6.45) is 3.49. The summed E-state index contributed by atoms with van der Waals surface area (Å²) in [6.45, 7) is 0.700. The number of carbonyl (C=O) groups excluding carboxylic acids is 1. The van der Waals surface area contributed by atoms with Crippen LogP contribution in [0.4, 0.5) is 0 Å². The molecule has 4 rings (SSSR count). The molecule has 2 aromatic heterocycles. The normalized spacial score (nSPS) is 17.6. The fraction of sp³-hybridized carbons (Fsp3) is 0.222. The van der Waals surface area contributed by atoms with Gasteiger partial charge in [0.05, 0.1) is 12.3 Å². The van der Waals surface area contributed by atoms with E-state index in [2.05, 4.69) is 5.16 Å². The van der Waals surface area contributed by atoms with E-state index in [0.717, 1.165) is 24.2 Å². The molecule has 0 saturated carbocycles. The molecule has 1 amide bonds. The number of hydrogen-bond donors (Lipinski definition) is 0. The largest absolute Gasteiger partial charge is 0.467 e. The maximum atomic E-state index is 12.7. The molecule has 1 aromatic carbocycles. The summed E-state index contributed by atoms with van der Waals surface area (Å²) in [7, 11) is 0. The molecule has 5 heteroatoms. The Balaban J connectivity index is 1.59. The van der Waals surface area contributed by atoms with E-state index in [1.807, 2.05) is 42.5 Å². The van der Waals surface area contributed by atoms with Crippen LogP contribution in [0.15, 0.2) is 63.7 Å². The molecule has 0 radical (unpaired) electrons. The molecule has 0 N–H and O–H groups in total. The number of rotatable bonds is 3. The molecule has 1 saturated heterocycles. The molecule has 1 unspecified atom stereocenters. The lowest BCUT2D eigenvalue weighted by atomic mass is 10.1. The molecular formula is C18H16N2O3. The van der Waals surface area contributed by atoms with E-state index >= 15 is 0 Å². The van der Waals surface area contributed by atoms with Gasteiger partial charge in [0, 0.05) is 18.2 Å². The zero-order chi connectivity index (χ0) is 15.6. The van der Waals surface area contributed by atoms with Crippen LogP contribution in [-0.4, -0.2) is 22.5 Å². The second-order valence-corrected chi connectivity index (χ2v) is 5.61. The second-order valence-electron chi connectivity index (χ2n) is 5.61. The van der Waals surface area contributed by atoms with Gasteiger partial charge < -0.3 is 13.8 Å². The van der Waals surface area contributed by atoms with Crippen LogP contribution in [0.5, 0.6) is 0 Å². The number of likely N-dealkylation sites (tertiary alicyclic amines) is 1. The molecule has 1 aliphatic heterocycles. The van der Waals surface area contributed by atoms with Gasteiger partial charge in [-0.1, -0.05) is 35.5 Å². The Bertz CT molecular complexity index is 793. The summed E-state index contributed by atoms with van der Waals surface area (Å²) in [6, 6.07) is 15.1. The minimum atomic E-state index is -0.140. The predicted molar refractivity (Wildman–Crippen MR) is 83.7 cm³/mol. The van der Waals surface area contributed by atoms with Gasteiger partial charge in [-0.15, -0.1) is 0 Å². The second kappa shape index (κ2) is 5.76. The topological polar surface area (TPSA) is 59.5 Å². The Morgan fingerprint density at radius 1 is 1.17 bits per heavy atom. The highest BCUT2D eigenvalue weighted by Gasteiger charge is 2.34. The first-order chi connectivity index (χ1) is 11.3. The highest BCUT2D eigenvalue weighted by atomic mass is 16.5. The van der Waals surface area contributed by atoms with Crippen molar-refractivity contribution >= 4 is 5.91 Å². The van der Waals surface area contributed by atoms with Gasteiger partial charge in [0.2, 0.25) is 5.76 Å². The molecular weight excluding hydrogens is 292 g/mol. The van der Waals surface area contributed by atoms with Gasteiger partial charge in [-0.05, 0) is 25.0 Å². The first-order valence-corrected chi connectivity index (χ1v) is 7.69. The van der Waals surface area contributed by atoms with Crippen LogP contribution in [0.2, 0.25) is 0 Å². The molecule has 3 heterocycles. The summed E-state index contributed by atoms with van der Waals surface area (Å²) in [5.74, 6) is 0.944. The van der Waals surface area contributed by atoms with Crippen molar-refractivity contribution in [3.63, 3.8) is 0 Å². The maximum absolute atomic E-state index is 12.7. The third-order valence-electron chi connectivity index (χ3n) is 4.18. The first-order valence-electron chi connectivity index (χ1n) is 7.69. The van der Waals surface area contributed by atoms with Crippen LogP contribution in [-0.2, 0) is 0 Å². The lowest BCUT2D eigenvalue weighted by Gasteiger charge is -2.21. The standard InChI is InChI=1S/C18H16N2O3/c21-18(20-10-4-8-15(20)16-9-5-11-22-16)17-12-14(19-23-17)13-6-2-1-3-7-13/h1-3,5-7,9,11-12,15H,4,8,10H2. The smallest absolute Gasteiger partial charge is 0.293 e. The quantitative estimate of drug-likeness (QED) is 0.736. The third kappa shape index (κ3) is 2.54. The predicted octanol–water partition coefficient (Wildman–Crippen LogP) is 3.91. The van der Waals surface area contributed by atoms with Crippen molar-refractivity contribution in [2.24, 2.45) is 0 Å². The van der Waals surface area contributed by atoms with E-state index < -0.39 is 0 Å². The lowest BCUT2D eigenvalue weighted by molar-refractivity contribution is 0.0677. The van der Waals surface area contributed by atoms with Crippen molar-refractivity contribution in [1.82, 2.24) is 10.1 Å². The Morgan fingerprint density at radius 2 is 2.04 bits per heavy atom. The molecule has 116 valence electrons. The minimum absolute atomic E-state index is 0.0252. The zero-order valence-electron chi connectivity index (χ0n) is 12.5.